The van der Waals surface area contributed by atoms with Crippen LogP contribution in [0.2, 0.25) is 0 Å². The van der Waals surface area contributed by atoms with Gasteiger partial charge in [0.15, 0.2) is 5.58 Å². The van der Waals surface area contributed by atoms with Crippen LogP contribution < -0.4 is 0 Å². The number of rotatable bonds is 5. The Morgan fingerprint density at radius 3 is 1.30 bits per heavy atom. The molecule has 298 valence electrons. The maximum Gasteiger partial charge on any atom is 0.159 e. The third-order valence-corrected chi connectivity index (χ3v) is 13.4. The van der Waals surface area contributed by atoms with Crippen LogP contribution >= 0.6 is 0 Å². The minimum absolute atomic E-state index is 0.884. The molecule has 4 aromatic heterocycles. The average molecular weight is 816 g/mol. The molecule has 0 N–H and O–H groups in total. The van der Waals surface area contributed by atoms with E-state index in [9.17, 15) is 0 Å². The molecule has 0 radical (unpaired) electrons. The Kier molecular flexibility index (Phi) is 7.36. The molecule has 4 nitrogen and oxygen atoms in total. The molecule has 0 atom stereocenters. The van der Waals surface area contributed by atoms with Gasteiger partial charge in [0.25, 0.3) is 0 Å². The number of hydrogen-bond acceptors (Lipinski definition) is 1. The Hall–Kier alpha value is -8.60. The Morgan fingerprint density at radius 1 is 0.250 bits per heavy atom. The van der Waals surface area contributed by atoms with Crippen LogP contribution in [0.25, 0.3) is 127 Å². The molecular weight excluding hydrogens is 779 g/mol. The van der Waals surface area contributed by atoms with Crippen LogP contribution in [0, 0.1) is 0 Å². The first-order valence-corrected chi connectivity index (χ1v) is 21.9. The highest BCUT2D eigenvalue weighted by atomic mass is 16.3. The molecule has 4 heteroatoms. The first-order valence-electron chi connectivity index (χ1n) is 21.9. The first-order chi connectivity index (χ1) is 31.7. The Bertz CT molecular complexity index is 4180. The van der Waals surface area contributed by atoms with Crippen LogP contribution in [0.3, 0.4) is 0 Å². The summed E-state index contributed by atoms with van der Waals surface area (Å²) in [6.07, 6.45) is 0. The van der Waals surface area contributed by atoms with Crippen LogP contribution in [-0.2, 0) is 0 Å². The predicted molar refractivity (Wildman–Crippen MR) is 268 cm³/mol. The molecule has 64 heavy (non-hydrogen) atoms. The summed E-state index contributed by atoms with van der Waals surface area (Å²) in [7, 11) is 0. The fraction of sp³-hybridized carbons (Fsp3) is 0. The van der Waals surface area contributed by atoms with E-state index in [-0.39, 0.29) is 0 Å². The van der Waals surface area contributed by atoms with Crippen molar-refractivity contribution in [1.29, 1.82) is 0 Å². The molecule has 0 aliphatic carbocycles. The van der Waals surface area contributed by atoms with Crippen molar-refractivity contribution in [1.82, 2.24) is 13.7 Å². The number of aromatic nitrogens is 3. The smallest absolute Gasteiger partial charge is 0.159 e. The molecule has 0 unspecified atom stereocenters. The second kappa shape index (κ2) is 13.4. The fourth-order valence-corrected chi connectivity index (χ4v) is 10.6. The summed E-state index contributed by atoms with van der Waals surface area (Å²) in [5.41, 5.74) is 16.9. The van der Waals surface area contributed by atoms with Gasteiger partial charge in [-0.2, -0.15) is 0 Å². The number of furan rings is 1. The maximum atomic E-state index is 6.69. The van der Waals surface area contributed by atoms with Crippen molar-refractivity contribution in [2.75, 3.05) is 0 Å². The molecule has 14 aromatic rings. The Labute approximate surface area is 367 Å². The van der Waals surface area contributed by atoms with Gasteiger partial charge in [0.2, 0.25) is 0 Å². The van der Waals surface area contributed by atoms with Gasteiger partial charge in [0.05, 0.1) is 38.8 Å². The van der Waals surface area contributed by atoms with Gasteiger partial charge in [-0.3, -0.25) is 0 Å². The lowest BCUT2D eigenvalue weighted by Crippen LogP contribution is -1.94. The van der Waals surface area contributed by atoms with Gasteiger partial charge in [-0.15, -0.1) is 0 Å². The van der Waals surface area contributed by atoms with E-state index < -0.39 is 0 Å². The monoisotopic (exact) mass is 815 g/mol. The van der Waals surface area contributed by atoms with E-state index in [0.717, 1.165) is 50.0 Å². The van der Waals surface area contributed by atoms with E-state index in [1.54, 1.807) is 0 Å². The van der Waals surface area contributed by atoms with Crippen LogP contribution in [-0.4, -0.2) is 13.7 Å². The van der Waals surface area contributed by atoms with Gasteiger partial charge in [0, 0.05) is 54.5 Å². The summed E-state index contributed by atoms with van der Waals surface area (Å²) in [4.78, 5) is 0. The van der Waals surface area contributed by atoms with Crippen LogP contribution in [0.5, 0.6) is 0 Å². The summed E-state index contributed by atoms with van der Waals surface area (Å²) in [5.74, 6) is 0. The van der Waals surface area contributed by atoms with Crippen molar-refractivity contribution >= 4 is 87.4 Å². The van der Waals surface area contributed by atoms with Crippen molar-refractivity contribution in [3.05, 3.63) is 224 Å². The van der Waals surface area contributed by atoms with Crippen molar-refractivity contribution in [2.24, 2.45) is 0 Å². The standard InChI is InChI=1S/C60H37N3O/c1-3-14-42(15-4-1)61-53-23-11-8-19-45(53)49-34-38(27-31-54(49)61)39-28-32-55-50(35-39)51-36-40(29-33-56(51)63(55)57-24-13-21-48-47-20-9-12-25-59(47)64-60(48)57)41-26-30-46-44-18-7-10-22-52(44)62(58(46)37-41)43-16-5-2-6-17-43/h1-37H. The number of hydrogen-bond donors (Lipinski definition) is 0. The average Bonchev–Trinajstić information content (AvgIpc) is 4.10. The van der Waals surface area contributed by atoms with E-state index in [2.05, 4.69) is 232 Å². The number of para-hydroxylation sites is 6. The van der Waals surface area contributed by atoms with Crippen LogP contribution in [0.4, 0.5) is 0 Å². The third-order valence-electron chi connectivity index (χ3n) is 13.4. The zero-order valence-electron chi connectivity index (χ0n) is 34.6. The largest absolute Gasteiger partial charge is 0.454 e. The minimum Gasteiger partial charge on any atom is -0.454 e. The molecule has 14 rings (SSSR count). The molecule has 0 saturated heterocycles. The molecule has 0 aliphatic rings. The highest BCUT2D eigenvalue weighted by molar-refractivity contribution is 6.16. The summed E-state index contributed by atoms with van der Waals surface area (Å²) < 4.78 is 13.9. The maximum absolute atomic E-state index is 6.69. The fourth-order valence-electron chi connectivity index (χ4n) is 10.6. The Balaban J connectivity index is 1.01. The van der Waals surface area contributed by atoms with E-state index >= 15 is 0 Å². The first kappa shape index (κ1) is 35.0. The molecule has 0 amide bonds. The van der Waals surface area contributed by atoms with Gasteiger partial charge in [-0.25, -0.2) is 0 Å². The zero-order chi connectivity index (χ0) is 41.9. The quantitative estimate of drug-likeness (QED) is 0.170. The highest BCUT2D eigenvalue weighted by Crippen LogP contribution is 2.43. The number of nitrogens with zero attached hydrogens (tertiary/aromatic N) is 3. The van der Waals surface area contributed by atoms with Gasteiger partial charge in [-0.1, -0.05) is 133 Å². The van der Waals surface area contributed by atoms with Crippen molar-refractivity contribution in [3.8, 4) is 39.3 Å². The summed E-state index contributed by atoms with van der Waals surface area (Å²) in [6, 6.07) is 81.5. The molecule has 0 spiro atoms. The lowest BCUT2D eigenvalue weighted by Gasteiger charge is -2.10. The third kappa shape index (κ3) is 5.05. The molecule has 0 aliphatic heterocycles. The van der Waals surface area contributed by atoms with E-state index in [1.165, 1.54) is 76.6 Å². The molecule has 0 bridgehead atoms. The summed E-state index contributed by atoms with van der Waals surface area (Å²) >= 11 is 0. The van der Waals surface area contributed by atoms with Gasteiger partial charge < -0.3 is 18.1 Å². The van der Waals surface area contributed by atoms with Gasteiger partial charge in [-0.05, 0) is 113 Å². The molecule has 0 fully saturated rings. The topological polar surface area (TPSA) is 27.9 Å². The molecular formula is C60H37N3O. The van der Waals surface area contributed by atoms with Crippen LogP contribution in [0.15, 0.2) is 229 Å². The minimum atomic E-state index is 0.884. The predicted octanol–water partition coefficient (Wildman–Crippen LogP) is 16.2. The van der Waals surface area contributed by atoms with Crippen LogP contribution in [0.1, 0.15) is 0 Å². The SMILES string of the molecule is c1ccc(-n2c3ccccc3c3cc(-c4ccc5c(c4)c4cc(-c6ccc7c8ccccc8n(-c8ccccc8)c7c6)ccc4n5-c4cccc5c4oc4ccccc45)ccc32)cc1. The lowest BCUT2D eigenvalue weighted by molar-refractivity contribution is 0.666. The number of benzene rings is 10. The van der Waals surface area contributed by atoms with Gasteiger partial charge >= 0.3 is 0 Å². The molecule has 4 heterocycles. The Morgan fingerprint density at radius 2 is 0.672 bits per heavy atom. The van der Waals surface area contributed by atoms with Gasteiger partial charge in [0.1, 0.15) is 5.58 Å². The van der Waals surface area contributed by atoms with E-state index in [4.69, 9.17) is 4.42 Å². The summed E-state index contributed by atoms with van der Waals surface area (Å²) in [5, 5.41) is 9.59. The van der Waals surface area contributed by atoms with E-state index in [0.29, 0.717) is 0 Å². The second-order valence-electron chi connectivity index (χ2n) is 16.9. The summed E-state index contributed by atoms with van der Waals surface area (Å²) in [6.45, 7) is 0. The normalized spacial score (nSPS) is 12.1. The molecule has 0 saturated carbocycles. The number of fused-ring (bicyclic) bond motifs is 12. The van der Waals surface area contributed by atoms with Crippen molar-refractivity contribution in [3.63, 3.8) is 0 Å². The lowest BCUT2D eigenvalue weighted by atomic mass is 9.98. The molecule has 10 aromatic carbocycles. The van der Waals surface area contributed by atoms with Crippen molar-refractivity contribution < 1.29 is 4.42 Å². The second-order valence-corrected chi connectivity index (χ2v) is 16.9. The highest BCUT2D eigenvalue weighted by Gasteiger charge is 2.21. The zero-order valence-corrected chi connectivity index (χ0v) is 34.6. The van der Waals surface area contributed by atoms with E-state index in [1.807, 2.05) is 6.07 Å². The van der Waals surface area contributed by atoms with Crippen molar-refractivity contribution in [2.45, 2.75) is 0 Å².